The van der Waals surface area contributed by atoms with Crippen LogP contribution in [0.4, 0.5) is 0 Å². The number of carbonyl (C=O) groups excluding carboxylic acids is 1. The standard InChI is InChI=1S/C13H28N2O2/c1-6-13(14,7-2)12(16)15-11(10(4)5)9-17-8-3/h10-11H,6-9,14H2,1-5H3,(H,15,16). The summed E-state index contributed by atoms with van der Waals surface area (Å²) in [4.78, 5) is 12.1. The topological polar surface area (TPSA) is 64.3 Å². The average Bonchev–Trinajstić information content (AvgIpc) is 2.32. The summed E-state index contributed by atoms with van der Waals surface area (Å²) in [5, 5.41) is 3.00. The molecular weight excluding hydrogens is 216 g/mol. The summed E-state index contributed by atoms with van der Waals surface area (Å²) in [6.45, 7) is 11.2. The van der Waals surface area contributed by atoms with Gasteiger partial charge in [-0.1, -0.05) is 27.7 Å². The predicted molar refractivity (Wildman–Crippen MR) is 70.8 cm³/mol. The summed E-state index contributed by atoms with van der Waals surface area (Å²) in [6, 6.07) is 0.0310. The van der Waals surface area contributed by atoms with Crippen LogP contribution in [0.5, 0.6) is 0 Å². The molecule has 4 nitrogen and oxygen atoms in total. The van der Waals surface area contributed by atoms with Crippen molar-refractivity contribution >= 4 is 5.91 Å². The van der Waals surface area contributed by atoms with E-state index in [0.717, 1.165) is 0 Å². The molecule has 0 radical (unpaired) electrons. The van der Waals surface area contributed by atoms with Gasteiger partial charge in [0, 0.05) is 6.61 Å². The molecule has 0 rings (SSSR count). The number of ether oxygens (including phenoxy) is 1. The van der Waals surface area contributed by atoms with Crippen LogP contribution in [0.2, 0.25) is 0 Å². The lowest BCUT2D eigenvalue weighted by Gasteiger charge is -2.30. The largest absolute Gasteiger partial charge is 0.380 e. The zero-order valence-corrected chi connectivity index (χ0v) is 11.9. The molecule has 0 aromatic rings. The molecule has 0 aliphatic rings. The minimum absolute atomic E-state index is 0.0310. The molecule has 4 heteroatoms. The summed E-state index contributed by atoms with van der Waals surface area (Å²) in [7, 11) is 0. The maximum atomic E-state index is 12.1. The molecule has 0 saturated heterocycles. The highest BCUT2D eigenvalue weighted by atomic mass is 16.5. The van der Waals surface area contributed by atoms with Crippen LogP contribution in [0, 0.1) is 5.92 Å². The molecule has 17 heavy (non-hydrogen) atoms. The first-order valence-electron chi connectivity index (χ1n) is 6.58. The SMILES string of the molecule is CCOCC(NC(=O)C(N)(CC)CC)C(C)C. The molecule has 1 amide bonds. The van der Waals surface area contributed by atoms with Gasteiger partial charge in [-0.2, -0.15) is 0 Å². The second kappa shape index (κ2) is 7.67. The van der Waals surface area contributed by atoms with Crippen LogP contribution in [-0.2, 0) is 9.53 Å². The Balaban J connectivity index is 4.49. The number of rotatable bonds is 8. The smallest absolute Gasteiger partial charge is 0.240 e. The summed E-state index contributed by atoms with van der Waals surface area (Å²) in [5.41, 5.74) is 5.31. The van der Waals surface area contributed by atoms with Crippen molar-refractivity contribution in [2.75, 3.05) is 13.2 Å². The van der Waals surface area contributed by atoms with Crippen LogP contribution >= 0.6 is 0 Å². The van der Waals surface area contributed by atoms with Crippen molar-refractivity contribution in [2.24, 2.45) is 11.7 Å². The molecule has 0 aliphatic heterocycles. The fourth-order valence-electron chi connectivity index (χ4n) is 1.53. The normalized spacial score (nSPS) is 13.8. The third-order valence-electron chi connectivity index (χ3n) is 3.34. The third-order valence-corrected chi connectivity index (χ3v) is 3.34. The van der Waals surface area contributed by atoms with Gasteiger partial charge in [-0.05, 0) is 25.7 Å². The first kappa shape index (κ1) is 16.4. The summed E-state index contributed by atoms with van der Waals surface area (Å²) >= 11 is 0. The Morgan fingerprint density at radius 3 is 2.18 bits per heavy atom. The van der Waals surface area contributed by atoms with E-state index in [4.69, 9.17) is 10.5 Å². The van der Waals surface area contributed by atoms with Gasteiger partial charge in [-0.25, -0.2) is 0 Å². The van der Waals surface area contributed by atoms with Crippen LogP contribution in [0.1, 0.15) is 47.5 Å². The van der Waals surface area contributed by atoms with E-state index in [1.54, 1.807) is 0 Å². The van der Waals surface area contributed by atoms with E-state index in [2.05, 4.69) is 19.2 Å². The molecule has 0 saturated carbocycles. The van der Waals surface area contributed by atoms with Gasteiger partial charge in [0.25, 0.3) is 0 Å². The van der Waals surface area contributed by atoms with E-state index < -0.39 is 5.54 Å². The average molecular weight is 244 g/mol. The summed E-state index contributed by atoms with van der Waals surface area (Å²) < 4.78 is 5.38. The molecule has 0 heterocycles. The van der Waals surface area contributed by atoms with Crippen LogP contribution in [0.3, 0.4) is 0 Å². The van der Waals surface area contributed by atoms with Gasteiger partial charge in [0.15, 0.2) is 0 Å². The Bertz CT molecular complexity index is 225. The van der Waals surface area contributed by atoms with Crippen molar-refractivity contribution in [3.63, 3.8) is 0 Å². The van der Waals surface area contributed by atoms with Gasteiger partial charge in [0.1, 0.15) is 0 Å². The Kier molecular flexibility index (Phi) is 7.39. The molecule has 1 atom stereocenters. The first-order chi connectivity index (χ1) is 7.91. The van der Waals surface area contributed by atoms with Crippen LogP contribution in [0.15, 0.2) is 0 Å². The zero-order chi connectivity index (χ0) is 13.5. The van der Waals surface area contributed by atoms with Gasteiger partial charge in [0.05, 0.1) is 18.2 Å². The summed E-state index contributed by atoms with van der Waals surface area (Å²) in [6.07, 6.45) is 1.30. The quantitative estimate of drug-likeness (QED) is 0.683. The Labute approximate surface area is 105 Å². The Morgan fingerprint density at radius 2 is 1.82 bits per heavy atom. The van der Waals surface area contributed by atoms with Crippen molar-refractivity contribution in [3.8, 4) is 0 Å². The number of nitrogens with one attached hydrogen (secondary N) is 1. The van der Waals surface area contributed by atoms with Crippen molar-refractivity contribution in [2.45, 2.75) is 59.0 Å². The minimum Gasteiger partial charge on any atom is -0.380 e. The van der Waals surface area contributed by atoms with Crippen molar-refractivity contribution in [1.29, 1.82) is 0 Å². The van der Waals surface area contributed by atoms with E-state index >= 15 is 0 Å². The monoisotopic (exact) mass is 244 g/mol. The fraction of sp³-hybridized carbons (Fsp3) is 0.923. The molecule has 0 bridgehead atoms. The molecule has 0 aliphatic carbocycles. The maximum Gasteiger partial charge on any atom is 0.240 e. The number of hydrogen-bond acceptors (Lipinski definition) is 3. The van der Waals surface area contributed by atoms with Gasteiger partial charge in [-0.3, -0.25) is 4.79 Å². The lowest BCUT2D eigenvalue weighted by atomic mass is 9.92. The maximum absolute atomic E-state index is 12.1. The second-order valence-corrected chi connectivity index (χ2v) is 4.85. The second-order valence-electron chi connectivity index (χ2n) is 4.85. The van der Waals surface area contributed by atoms with Crippen molar-refractivity contribution in [1.82, 2.24) is 5.32 Å². The molecule has 3 N–H and O–H groups in total. The zero-order valence-electron chi connectivity index (χ0n) is 11.9. The van der Waals surface area contributed by atoms with Gasteiger partial charge in [-0.15, -0.1) is 0 Å². The number of amides is 1. The van der Waals surface area contributed by atoms with E-state index in [9.17, 15) is 4.79 Å². The minimum atomic E-state index is -0.751. The van der Waals surface area contributed by atoms with E-state index in [-0.39, 0.29) is 11.9 Å². The highest BCUT2D eigenvalue weighted by Gasteiger charge is 2.31. The number of nitrogens with two attached hydrogens (primary N) is 1. The highest BCUT2D eigenvalue weighted by molar-refractivity contribution is 5.86. The number of carbonyl (C=O) groups is 1. The highest BCUT2D eigenvalue weighted by Crippen LogP contribution is 2.13. The molecule has 0 aromatic carbocycles. The first-order valence-corrected chi connectivity index (χ1v) is 6.58. The van der Waals surface area contributed by atoms with Gasteiger partial charge in [0.2, 0.25) is 5.91 Å². The molecule has 0 aromatic heterocycles. The van der Waals surface area contributed by atoms with E-state index in [0.29, 0.717) is 32.0 Å². The molecule has 0 fully saturated rings. The lowest BCUT2D eigenvalue weighted by Crippen LogP contribution is -2.57. The van der Waals surface area contributed by atoms with Crippen molar-refractivity contribution in [3.05, 3.63) is 0 Å². The van der Waals surface area contributed by atoms with Crippen LogP contribution < -0.4 is 11.1 Å². The number of hydrogen-bond donors (Lipinski definition) is 2. The molecule has 1 unspecified atom stereocenters. The van der Waals surface area contributed by atoms with E-state index in [1.807, 2.05) is 20.8 Å². The van der Waals surface area contributed by atoms with Crippen LogP contribution in [-0.4, -0.2) is 30.7 Å². The predicted octanol–water partition coefficient (Wildman–Crippen LogP) is 1.68. The van der Waals surface area contributed by atoms with Gasteiger partial charge < -0.3 is 15.8 Å². The lowest BCUT2D eigenvalue weighted by molar-refractivity contribution is -0.128. The van der Waals surface area contributed by atoms with Crippen LogP contribution in [0.25, 0.3) is 0 Å². The van der Waals surface area contributed by atoms with Crippen molar-refractivity contribution < 1.29 is 9.53 Å². The molecule has 0 spiro atoms. The molecular formula is C13H28N2O2. The fourth-order valence-corrected chi connectivity index (χ4v) is 1.53. The van der Waals surface area contributed by atoms with E-state index in [1.165, 1.54) is 0 Å². The van der Waals surface area contributed by atoms with Gasteiger partial charge >= 0.3 is 0 Å². The third kappa shape index (κ3) is 5.04. The summed E-state index contributed by atoms with van der Waals surface area (Å²) in [5.74, 6) is 0.268. The Morgan fingerprint density at radius 1 is 1.29 bits per heavy atom. The Hall–Kier alpha value is -0.610. The molecule has 102 valence electrons.